The van der Waals surface area contributed by atoms with E-state index < -0.39 is 21.3 Å². The standard InChI is InChI=1S/C28H21NO7S/c1-17(30)29-21-10-13-23(14-11-21)37(32,33)36-28-26(31)24-5-3-4-6-25(24)35-27(28)20-8-7-19-16-22(34-2)12-9-18(19)15-20/h3-16H,1-2H3,(H,29,30). The molecule has 1 heterocycles. The van der Waals surface area contributed by atoms with Crippen LogP contribution in [0.15, 0.2) is 99.0 Å². The quantitative estimate of drug-likeness (QED) is 0.304. The van der Waals surface area contributed by atoms with E-state index in [2.05, 4.69) is 5.32 Å². The Bertz CT molecular complexity index is 1820. The van der Waals surface area contributed by atoms with Crippen LogP contribution in [0.3, 0.4) is 0 Å². The number of fused-ring (bicyclic) bond motifs is 2. The van der Waals surface area contributed by atoms with E-state index in [-0.39, 0.29) is 21.9 Å². The first-order valence-corrected chi connectivity index (χ1v) is 12.6. The fourth-order valence-electron chi connectivity index (χ4n) is 3.95. The normalized spacial score (nSPS) is 11.4. The first kappa shape index (κ1) is 24.1. The summed E-state index contributed by atoms with van der Waals surface area (Å²) in [6.45, 7) is 1.34. The van der Waals surface area contributed by atoms with E-state index in [9.17, 15) is 18.0 Å². The highest BCUT2D eigenvalue weighted by atomic mass is 32.2. The van der Waals surface area contributed by atoms with Crippen LogP contribution in [0, 0.1) is 0 Å². The second-order valence-electron chi connectivity index (χ2n) is 8.26. The van der Waals surface area contributed by atoms with Crippen molar-refractivity contribution in [2.75, 3.05) is 12.4 Å². The van der Waals surface area contributed by atoms with Crippen LogP contribution < -0.4 is 19.7 Å². The molecule has 0 unspecified atom stereocenters. The van der Waals surface area contributed by atoms with Gasteiger partial charge in [0.05, 0.1) is 12.5 Å². The Kier molecular flexibility index (Phi) is 6.14. The number of anilines is 1. The van der Waals surface area contributed by atoms with Crippen molar-refractivity contribution < 1.29 is 26.5 Å². The largest absolute Gasteiger partial charge is 0.497 e. The molecule has 0 atom stereocenters. The summed E-state index contributed by atoms with van der Waals surface area (Å²) in [5.41, 5.74) is 0.559. The molecule has 0 aliphatic carbocycles. The molecule has 8 nitrogen and oxygen atoms in total. The molecule has 0 bridgehead atoms. The maximum Gasteiger partial charge on any atom is 0.339 e. The molecule has 5 aromatic rings. The number of nitrogens with one attached hydrogen (secondary N) is 1. The maximum atomic E-state index is 13.4. The Hall–Kier alpha value is -4.63. The Labute approximate surface area is 212 Å². The average Bonchev–Trinajstić information content (AvgIpc) is 2.89. The van der Waals surface area contributed by atoms with Crippen LogP contribution in [0.1, 0.15) is 6.92 Å². The van der Waals surface area contributed by atoms with Crippen LogP contribution in [-0.2, 0) is 14.9 Å². The number of carbonyl (C=O) groups excluding carboxylic acids is 1. The highest BCUT2D eigenvalue weighted by Gasteiger charge is 2.25. The highest BCUT2D eigenvalue weighted by Crippen LogP contribution is 2.35. The molecule has 1 amide bonds. The fraction of sp³-hybridized carbons (Fsp3) is 0.0714. The molecule has 0 fully saturated rings. The molecule has 0 saturated heterocycles. The molecule has 0 saturated carbocycles. The van der Waals surface area contributed by atoms with E-state index in [1.165, 1.54) is 31.2 Å². The molecule has 0 spiro atoms. The van der Waals surface area contributed by atoms with E-state index in [0.29, 0.717) is 22.6 Å². The number of rotatable bonds is 6. The van der Waals surface area contributed by atoms with E-state index in [1.807, 2.05) is 18.2 Å². The van der Waals surface area contributed by atoms with Gasteiger partial charge in [0.15, 0.2) is 5.76 Å². The van der Waals surface area contributed by atoms with Crippen molar-refractivity contribution in [3.8, 4) is 22.8 Å². The molecule has 0 aliphatic rings. The summed E-state index contributed by atoms with van der Waals surface area (Å²) in [6, 6.07) is 22.8. The predicted octanol–water partition coefficient (Wildman–Crippen LogP) is 5.35. The van der Waals surface area contributed by atoms with Gasteiger partial charge >= 0.3 is 10.1 Å². The molecular weight excluding hydrogens is 494 g/mol. The van der Waals surface area contributed by atoms with E-state index in [4.69, 9.17) is 13.3 Å². The fourth-order valence-corrected chi connectivity index (χ4v) is 4.89. The molecular formula is C28H21NO7S. The zero-order valence-corrected chi connectivity index (χ0v) is 20.7. The molecule has 1 aromatic heterocycles. The summed E-state index contributed by atoms with van der Waals surface area (Å²) in [5.74, 6) is -0.0615. The molecule has 186 valence electrons. The first-order chi connectivity index (χ1) is 17.7. The summed E-state index contributed by atoms with van der Waals surface area (Å²) in [5, 5.41) is 4.47. The monoisotopic (exact) mass is 515 g/mol. The summed E-state index contributed by atoms with van der Waals surface area (Å²) in [6.07, 6.45) is 0. The van der Waals surface area contributed by atoms with Crippen LogP contribution in [0.5, 0.6) is 11.5 Å². The number of para-hydroxylation sites is 1. The minimum absolute atomic E-state index is 0.0140. The van der Waals surface area contributed by atoms with Crippen LogP contribution in [0.2, 0.25) is 0 Å². The van der Waals surface area contributed by atoms with Gasteiger partial charge in [-0.1, -0.05) is 30.3 Å². The van der Waals surface area contributed by atoms with Gasteiger partial charge in [0.1, 0.15) is 16.2 Å². The van der Waals surface area contributed by atoms with Crippen molar-refractivity contribution in [1.82, 2.24) is 0 Å². The zero-order chi connectivity index (χ0) is 26.2. The number of hydrogen-bond donors (Lipinski definition) is 1. The Morgan fingerprint density at radius 1 is 0.892 bits per heavy atom. The van der Waals surface area contributed by atoms with E-state index >= 15 is 0 Å². The summed E-state index contributed by atoms with van der Waals surface area (Å²) >= 11 is 0. The first-order valence-electron chi connectivity index (χ1n) is 11.2. The highest BCUT2D eigenvalue weighted by molar-refractivity contribution is 7.87. The van der Waals surface area contributed by atoms with Gasteiger partial charge in [-0.15, -0.1) is 0 Å². The van der Waals surface area contributed by atoms with Crippen LogP contribution in [0.25, 0.3) is 33.1 Å². The smallest absolute Gasteiger partial charge is 0.339 e. The molecule has 0 radical (unpaired) electrons. The lowest BCUT2D eigenvalue weighted by Gasteiger charge is -2.13. The topological polar surface area (TPSA) is 112 Å². The second kappa shape index (κ2) is 9.44. The predicted molar refractivity (Wildman–Crippen MR) is 141 cm³/mol. The third kappa shape index (κ3) is 4.76. The van der Waals surface area contributed by atoms with Gasteiger partial charge < -0.3 is 18.7 Å². The number of amides is 1. The van der Waals surface area contributed by atoms with Gasteiger partial charge in [0, 0.05) is 18.2 Å². The van der Waals surface area contributed by atoms with Crippen molar-refractivity contribution in [3.05, 3.63) is 95.2 Å². The molecule has 5 rings (SSSR count). The van der Waals surface area contributed by atoms with Gasteiger partial charge in [0.25, 0.3) is 0 Å². The Morgan fingerprint density at radius 2 is 1.59 bits per heavy atom. The molecule has 37 heavy (non-hydrogen) atoms. The van der Waals surface area contributed by atoms with E-state index in [1.54, 1.807) is 49.6 Å². The summed E-state index contributed by atoms with van der Waals surface area (Å²) in [7, 11) is -2.84. The Morgan fingerprint density at radius 3 is 2.32 bits per heavy atom. The zero-order valence-electron chi connectivity index (χ0n) is 19.8. The lowest BCUT2D eigenvalue weighted by molar-refractivity contribution is -0.114. The van der Waals surface area contributed by atoms with Gasteiger partial charge in [0.2, 0.25) is 17.1 Å². The molecule has 0 aliphatic heterocycles. The lowest BCUT2D eigenvalue weighted by atomic mass is 10.0. The molecule has 4 aromatic carbocycles. The molecule has 9 heteroatoms. The maximum absolute atomic E-state index is 13.4. The third-order valence-corrected chi connectivity index (χ3v) is 6.96. The number of methoxy groups -OCH3 is 1. The molecule has 1 N–H and O–H groups in total. The SMILES string of the molecule is COc1ccc2cc(-c3oc4ccccc4c(=O)c3OS(=O)(=O)c3ccc(NC(C)=O)cc3)ccc2c1. The number of benzene rings is 4. The minimum Gasteiger partial charge on any atom is -0.497 e. The third-order valence-electron chi connectivity index (χ3n) is 5.72. The summed E-state index contributed by atoms with van der Waals surface area (Å²) < 4.78 is 43.1. The van der Waals surface area contributed by atoms with Gasteiger partial charge in [-0.25, -0.2) is 0 Å². The number of hydrogen-bond acceptors (Lipinski definition) is 7. The Balaban J connectivity index is 1.64. The minimum atomic E-state index is -4.42. The van der Waals surface area contributed by atoms with Gasteiger partial charge in [-0.3, -0.25) is 9.59 Å². The van der Waals surface area contributed by atoms with Crippen molar-refractivity contribution in [1.29, 1.82) is 0 Å². The average molecular weight is 516 g/mol. The van der Waals surface area contributed by atoms with Crippen molar-refractivity contribution in [2.45, 2.75) is 11.8 Å². The van der Waals surface area contributed by atoms with Crippen LogP contribution >= 0.6 is 0 Å². The summed E-state index contributed by atoms with van der Waals surface area (Å²) in [4.78, 5) is 24.5. The van der Waals surface area contributed by atoms with Crippen LogP contribution in [0.4, 0.5) is 5.69 Å². The second-order valence-corrected chi connectivity index (χ2v) is 9.80. The van der Waals surface area contributed by atoms with Crippen molar-refractivity contribution >= 4 is 43.5 Å². The van der Waals surface area contributed by atoms with E-state index in [0.717, 1.165) is 10.8 Å². The lowest BCUT2D eigenvalue weighted by Crippen LogP contribution is -2.17. The van der Waals surface area contributed by atoms with Gasteiger partial charge in [-0.2, -0.15) is 8.42 Å². The number of ether oxygens (including phenoxy) is 1. The van der Waals surface area contributed by atoms with Crippen molar-refractivity contribution in [3.63, 3.8) is 0 Å². The van der Waals surface area contributed by atoms with Crippen LogP contribution in [-0.4, -0.2) is 21.4 Å². The van der Waals surface area contributed by atoms with Crippen molar-refractivity contribution in [2.24, 2.45) is 0 Å². The number of carbonyl (C=O) groups is 1. The van der Waals surface area contributed by atoms with Gasteiger partial charge in [-0.05, 0) is 65.4 Å².